The number of carbonyl (C=O) groups is 2. The van der Waals surface area contributed by atoms with Crippen LogP contribution in [-0.4, -0.2) is 44.7 Å². The number of fused-ring (bicyclic) bond motifs is 2. The summed E-state index contributed by atoms with van der Waals surface area (Å²) in [6.07, 6.45) is 1.67. The number of rotatable bonds is 2. The van der Waals surface area contributed by atoms with Gasteiger partial charge < -0.3 is 24.3 Å². The summed E-state index contributed by atoms with van der Waals surface area (Å²) in [4.78, 5) is 23.2. The summed E-state index contributed by atoms with van der Waals surface area (Å²) in [5.74, 6) is -0.636. The molecule has 0 bridgehead atoms. The SMILES string of the molecule is CNC(=O)OC1OC=C(C(=O)OC)C2CCC3(CO3)C12. The summed E-state index contributed by atoms with van der Waals surface area (Å²) < 4.78 is 21.0. The van der Waals surface area contributed by atoms with Crippen molar-refractivity contribution in [2.75, 3.05) is 20.8 Å². The molecule has 2 fully saturated rings. The van der Waals surface area contributed by atoms with Crippen LogP contribution in [0.2, 0.25) is 0 Å². The first kappa shape index (κ1) is 13.2. The lowest BCUT2D eigenvalue weighted by Crippen LogP contribution is -2.43. The molecule has 110 valence electrons. The van der Waals surface area contributed by atoms with Gasteiger partial charge in [-0.25, -0.2) is 9.59 Å². The number of epoxide rings is 1. The molecule has 1 saturated carbocycles. The second-order valence-electron chi connectivity index (χ2n) is 5.25. The molecule has 3 rings (SSSR count). The molecule has 0 radical (unpaired) electrons. The van der Waals surface area contributed by atoms with E-state index < -0.39 is 18.4 Å². The highest BCUT2D eigenvalue weighted by molar-refractivity contribution is 5.89. The Labute approximate surface area is 116 Å². The van der Waals surface area contributed by atoms with E-state index in [0.717, 1.165) is 12.8 Å². The van der Waals surface area contributed by atoms with Crippen LogP contribution in [-0.2, 0) is 23.7 Å². The standard InChI is InChI=1S/C13H17NO6/c1-14-12(16)20-11-9-7(3-4-13(9)6-19-13)8(5-18-11)10(15)17-2/h5,7,9,11H,3-4,6H2,1-2H3,(H,14,16). The smallest absolute Gasteiger partial charge is 0.409 e. The van der Waals surface area contributed by atoms with Crippen molar-refractivity contribution >= 4 is 12.1 Å². The second-order valence-corrected chi connectivity index (χ2v) is 5.25. The van der Waals surface area contributed by atoms with Gasteiger partial charge in [-0.1, -0.05) is 0 Å². The summed E-state index contributed by atoms with van der Waals surface area (Å²) in [6.45, 7) is 0.611. The summed E-state index contributed by atoms with van der Waals surface area (Å²) in [5, 5.41) is 2.39. The van der Waals surface area contributed by atoms with Crippen molar-refractivity contribution in [1.82, 2.24) is 5.32 Å². The zero-order valence-electron chi connectivity index (χ0n) is 11.4. The maximum Gasteiger partial charge on any atom is 0.409 e. The fraction of sp³-hybridized carbons (Fsp3) is 0.692. The van der Waals surface area contributed by atoms with Crippen molar-refractivity contribution in [1.29, 1.82) is 0 Å². The number of nitrogens with one attached hydrogen (secondary N) is 1. The first-order valence-electron chi connectivity index (χ1n) is 6.57. The molecular formula is C13H17NO6. The molecule has 1 aliphatic carbocycles. The van der Waals surface area contributed by atoms with Gasteiger partial charge >= 0.3 is 12.1 Å². The maximum absolute atomic E-state index is 11.8. The van der Waals surface area contributed by atoms with Gasteiger partial charge in [-0.3, -0.25) is 0 Å². The van der Waals surface area contributed by atoms with Gasteiger partial charge in [-0.2, -0.15) is 0 Å². The Morgan fingerprint density at radius 3 is 2.85 bits per heavy atom. The molecule has 7 nitrogen and oxygen atoms in total. The third kappa shape index (κ3) is 1.93. The molecule has 4 unspecified atom stereocenters. The minimum Gasteiger partial charge on any atom is -0.466 e. The molecule has 0 aromatic carbocycles. The van der Waals surface area contributed by atoms with E-state index in [0.29, 0.717) is 12.2 Å². The Balaban J connectivity index is 1.86. The van der Waals surface area contributed by atoms with Crippen LogP contribution in [0.25, 0.3) is 0 Å². The van der Waals surface area contributed by atoms with Crippen LogP contribution in [0.3, 0.4) is 0 Å². The molecule has 2 heterocycles. The Kier molecular flexibility index (Phi) is 3.08. The first-order chi connectivity index (χ1) is 9.61. The fourth-order valence-electron chi connectivity index (χ4n) is 3.22. The highest BCUT2D eigenvalue weighted by Gasteiger charge is 2.65. The maximum atomic E-state index is 11.8. The highest BCUT2D eigenvalue weighted by atomic mass is 16.7. The highest BCUT2D eigenvalue weighted by Crippen LogP contribution is 2.56. The lowest BCUT2D eigenvalue weighted by atomic mass is 9.83. The van der Waals surface area contributed by atoms with Crippen LogP contribution < -0.4 is 5.32 Å². The normalized spacial score (nSPS) is 37.5. The minimum absolute atomic E-state index is 0.0617. The van der Waals surface area contributed by atoms with E-state index >= 15 is 0 Å². The van der Waals surface area contributed by atoms with Gasteiger partial charge in [-0.15, -0.1) is 0 Å². The number of esters is 1. The number of hydrogen-bond donors (Lipinski definition) is 1. The summed E-state index contributed by atoms with van der Waals surface area (Å²) in [7, 11) is 2.82. The average molecular weight is 283 g/mol. The zero-order valence-corrected chi connectivity index (χ0v) is 11.4. The van der Waals surface area contributed by atoms with E-state index in [4.69, 9.17) is 18.9 Å². The molecular weight excluding hydrogens is 266 g/mol. The van der Waals surface area contributed by atoms with E-state index in [9.17, 15) is 9.59 Å². The molecule has 3 aliphatic rings. The van der Waals surface area contributed by atoms with Gasteiger partial charge in [0.1, 0.15) is 5.60 Å². The number of carbonyl (C=O) groups excluding carboxylic acids is 2. The van der Waals surface area contributed by atoms with Crippen molar-refractivity contribution in [3.05, 3.63) is 11.8 Å². The van der Waals surface area contributed by atoms with Crippen molar-refractivity contribution in [2.45, 2.75) is 24.7 Å². The van der Waals surface area contributed by atoms with Gasteiger partial charge in [0.05, 0.1) is 31.5 Å². The van der Waals surface area contributed by atoms with Crippen molar-refractivity contribution in [3.63, 3.8) is 0 Å². The predicted molar refractivity (Wildman–Crippen MR) is 65.4 cm³/mol. The van der Waals surface area contributed by atoms with E-state index in [1.165, 1.54) is 20.4 Å². The summed E-state index contributed by atoms with van der Waals surface area (Å²) >= 11 is 0. The number of methoxy groups -OCH3 is 1. The molecule has 1 amide bonds. The summed E-state index contributed by atoms with van der Waals surface area (Å²) in [6, 6.07) is 0. The van der Waals surface area contributed by atoms with Gasteiger partial charge in [0.15, 0.2) is 0 Å². The van der Waals surface area contributed by atoms with Crippen LogP contribution in [0.15, 0.2) is 11.8 Å². The van der Waals surface area contributed by atoms with Crippen molar-refractivity contribution < 1.29 is 28.5 Å². The molecule has 0 aromatic heterocycles. The fourth-order valence-corrected chi connectivity index (χ4v) is 3.22. The monoisotopic (exact) mass is 283 g/mol. The zero-order chi connectivity index (χ0) is 14.3. The van der Waals surface area contributed by atoms with Crippen LogP contribution in [0.1, 0.15) is 12.8 Å². The molecule has 1 spiro atoms. The number of ether oxygens (including phenoxy) is 4. The van der Waals surface area contributed by atoms with Crippen molar-refractivity contribution in [3.8, 4) is 0 Å². The Morgan fingerprint density at radius 1 is 1.50 bits per heavy atom. The molecule has 20 heavy (non-hydrogen) atoms. The van der Waals surface area contributed by atoms with Gasteiger partial charge in [0.25, 0.3) is 6.29 Å². The van der Waals surface area contributed by atoms with Gasteiger partial charge in [-0.05, 0) is 12.8 Å². The lowest BCUT2D eigenvalue weighted by Gasteiger charge is -2.34. The molecule has 2 aliphatic heterocycles. The third-order valence-electron chi connectivity index (χ3n) is 4.30. The quantitative estimate of drug-likeness (QED) is 0.588. The first-order valence-corrected chi connectivity index (χ1v) is 6.57. The van der Waals surface area contributed by atoms with Crippen LogP contribution in [0.4, 0.5) is 4.79 Å². The second kappa shape index (κ2) is 4.66. The Hall–Kier alpha value is -1.76. The van der Waals surface area contributed by atoms with Crippen LogP contribution in [0, 0.1) is 11.8 Å². The predicted octanol–water partition coefficient (Wildman–Crippen LogP) is 0.551. The number of alkyl carbamates (subject to hydrolysis) is 1. The molecule has 0 aromatic rings. The van der Waals surface area contributed by atoms with E-state index in [2.05, 4.69) is 5.32 Å². The van der Waals surface area contributed by atoms with Crippen LogP contribution >= 0.6 is 0 Å². The molecule has 4 atom stereocenters. The average Bonchev–Trinajstić information content (AvgIpc) is 3.14. The van der Waals surface area contributed by atoms with Gasteiger partial charge in [0, 0.05) is 13.0 Å². The largest absolute Gasteiger partial charge is 0.466 e. The number of amides is 1. The Bertz CT molecular complexity index is 469. The van der Waals surface area contributed by atoms with E-state index in [-0.39, 0.29) is 17.4 Å². The summed E-state index contributed by atoms with van der Waals surface area (Å²) in [5.41, 5.74) is 0.165. The number of hydrogen-bond acceptors (Lipinski definition) is 6. The molecule has 7 heteroatoms. The van der Waals surface area contributed by atoms with E-state index in [1.807, 2.05) is 0 Å². The molecule has 1 saturated heterocycles. The van der Waals surface area contributed by atoms with Gasteiger partial charge in [0.2, 0.25) is 0 Å². The van der Waals surface area contributed by atoms with Crippen molar-refractivity contribution in [2.24, 2.45) is 11.8 Å². The van der Waals surface area contributed by atoms with Crippen LogP contribution in [0.5, 0.6) is 0 Å². The minimum atomic E-state index is -0.738. The lowest BCUT2D eigenvalue weighted by molar-refractivity contribution is -0.146. The Morgan fingerprint density at radius 2 is 2.25 bits per heavy atom. The third-order valence-corrected chi connectivity index (χ3v) is 4.30. The van der Waals surface area contributed by atoms with E-state index in [1.54, 1.807) is 0 Å². The topological polar surface area (TPSA) is 86.4 Å². The molecule has 1 N–H and O–H groups in total.